The van der Waals surface area contributed by atoms with Crippen LogP contribution in [0, 0.1) is 0 Å². The van der Waals surface area contributed by atoms with Crippen LogP contribution in [0.2, 0.25) is 0 Å². The van der Waals surface area contributed by atoms with Gasteiger partial charge in [-0.25, -0.2) is 9.69 Å². The van der Waals surface area contributed by atoms with E-state index in [1.807, 2.05) is 30.3 Å². The molecule has 6 nitrogen and oxygen atoms in total. The standard InChI is InChI=1S/C16H15N3O3/c1-10-15(20)19(16(21)18(10)12-7-8-12)14-9-13(22-17-14)11-5-3-2-4-6-11/h2-6,9-10,12H,7-8H2,1H3. The number of rotatable bonds is 3. The second kappa shape index (κ2) is 4.69. The molecule has 112 valence electrons. The fourth-order valence-corrected chi connectivity index (χ4v) is 2.83. The predicted molar refractivity (Wildman–Crippen MR) is 79.1 cm³/mol. The maximum Gasteiger partial charge on any atom is 0.333 e. The molecule has 3 amide bonds. The largest absolute Gasteiger partial charge is 0.354 e. The van der Waals surface area contributed by atoms with Gasteiger partial charge in [-0.2, -0.15) is 0 Å². The number of urea groups is 1. The molecule has 4 rings (SSSR count). The van der Waals surface area contributed by atoms with Crippen molar-refractivity contribution in [2.24, 2.45) is 0 Å². The Hall–Kier alpha value is -2.63. The number of carbonyl (C=O) groups excluding carboxylic acids is 2. The van der Waals surface area contributed by atoms with Crippen LogP contribution in [0.5, 0.6) is 0 Å². The molecule has 0 N–H and O–H groups in total. The van der Waals surface area contributed by atoms with Gasteiger partial charge >= 0.3 is 6.03 Å². The normalized spacial score (nSPS) is 21.8. The third-order valence-electron chi connectivity index (χ3n) is 4.13. The molecule has 1 unspecified atom stereocenters. The van der Waals surface area contributed by atoms with E-state index in [0.717, 1.165) is 23.3 Å². The molecular formula is C16H15N3O3. The van der Waals surface area contributed by atoms with Crippen LogP contribution < -0.4 is 4.90 Å². The van der Waals surface area contributed by atoms with E-state index < -0.39 is 6.04 Å². The van der Waals surface area contributed by atoms with Gasteiger partial charge in [0.2, 0.25) is 0 Å². The zero-order chi connectivity index (χ0) is 15.3. The molecule has 1 saturated heterocycles. The van der Waals surface area contributed by atoms with Gasteiger partial charge in [0.25, 0.3) is 5.91 Å². The number of carbonyl (C=O) groups is 2. The van der Waals surface area contributed by atoms with E-state index in [-0.39, 0.29) is 23.8 Å². The zero-order valence-electron chi connectivity index (χ0n) is 12.1. The summed E-state index contributed by atoms with van der Waals surface area (Å²) in [5.74, 6) is 0.544. The van der Waals surface area contributed by atoms with E-state index in [2.05, 4.69) is 5.16 Å². The van der Waals surface area contributed by atoms with Crippen LogP contribution in [0.4, 0.5) is 10.6 Å². The Labute approximate surface area is 127 Å². The van der Waals surface area contributed by atoms with Gasteiger partial charge in [0.05, 0.1) is 0 Å². The Morgan fingerprint density at radius 1 is 1.18 bits per heavy atom. The minimum absolute atomic E-state index is 0.192. The Morgan fingerprint density at radius 3 is 2.59 bits per heavy atom. The van der Waals surface area contributed by atoms with E-state index in [1.165, 1.54) is 0 Å². The summed E-state index contributed by atoms with van der Waals surface area (Å²) in [6.07, 6.45) is 1.93. The summed E-state index contributed by atoms with van der Waals surface area (Å²) in [5.41, 5.74) is 0.854. The second-order valence-corrected chi connectivity index (χ2v) is 5.69. The van der Waals surface area contributed by atoms with Gasteiger partial charge in [0.15, 0.2) is 11.6 Å². The summed E-state index contributed by atoms with van der Waals surface area (Å²) in [5, 5.41) is 3.91. The van der Waals surface area contributed by atoms with Crippen molar-refractivity contribution in [3.05, 3.63) is 36.4 Å². The highest BCUT2D eigenvalue weighted by molar-refractivity contribution is 6.20. The topological polar surface area (TPSA) is 66.7 Å². The molecule has 22 heavy (non-hydrogen) atoms. The predicted octanol–water partition coefficient (Wildman–Crippen LogP) is 2.66. The minimum Gasteiger partial charge on any atom is -0.354 e. The van der Waals surface area contributed by atoms with Crippen LogP contribution in [-0.2, 0) is 4.79 Å². The molecule has 1 aliphatic carbocycles. The number of hydrogen-bond donors (Lipinski definition) is 0. The monoisotopic (exact) mass is 297 g/mol. The number of aromatic nitrogens is 1. The lowest BCUT2D eigenvalue weighted by atomic mass is 10.2. The lowest BCUT2D eigenvalue weighted by Gasteiger charge is -2.17. The van der Waals surface area contributed by atoms with Gasteiger partial charge in [0.1, 0.15) is 6.04 Å². The molecule has 0 bridgehead atoms. The Bertz CT molecular complexity index is 736. The summed E-state index contributed by atoms with van der Waals surface area (Å²) < 4.78 is 5.29. The lowest BCUT2D eigenvalue weighted by molar-refractivity contribution is -0.119. The van der Waals surface area contributed by atoms with Crippen LogP contribution in [0.1, 0.15) is 19.8 Å². The third kappa shape index (κ3) is 1.91. The molecule has 1 aromatic carbocycles. The highest BCUT2D eigenvalue weighted by Gasteiger charge is 2.50. The molecule has 1 aromatic heterocycles. The number of nitrogens with zero attached hydrogens (tertiary/aromatic N) is 3. The molecule has 1 aliphatic heterocycles. The van der Waals surface area contributed by atoms with E-state index >= 15 is 0 Å². The summed E-state index contributed by atoms with van der Waals surface area (Å²) in [6.45, 7) is 1.76. The highest BCUT2D eigenvalue weighted by Crippen LogP contribution is 2.36. The molecule has 2 aromatic rings. The fraction of sp³-hybridized carbons (Fsp3) is 0.312. The molecule has 1 atom stereocenters. The summed E-state index contributed by atoms with van der Waals surface area (Å²) in [7, 11) is 0. The average molecular weight is 297 g/mol. The van der Waals surface area contributed by atoms with E-state index in [0.29, 0.717) is 5.76 Å². The minimum atomic E-state index is -0.433. The maximum atomic E-state index is 12.5. The number of imide groups is 1. The van der Waals surface area contributed by atoms with Crippen molar-refractivity contribution in [3.8, 4) is 11.3 Å². The van der Waals surface area contributed by atoms with Crippen LogP contribution in [-0.4, -0.2) is 34.1 Å². The number of anilines is 1. The quantitative estimate of drug-likeness (QED) is 0.817. The van der Waals surface area contributed by atoms with Gasteiger partial charge < -0.3 is 9.42 Å². The van der Waals surface area contributed by atoms with Crippen molar-refractivity contribution in [2.75, 3.05) is 4.90 Å². The van der Waals surface area contributed by atoms with Gasteiger partial charge in [-0.05, 0) is 19.8 Å². The van der Waals surface area contributed by atoms with Crippen LogP contribution in [0.3, 0.4) is 0 Å². The van der Waals surface area contributed by atoms with Gasteiger partial charge in [-0.1, -0.05) is 35.5 Å². The zero-order valence-corrected chi connectivity index (χ0v) is 12.1. The molecule has 0 radical (unpaired) electrons. The van der Waals surface area contributed by atoms with Gasteiger partial charge in [-0.3, -0.25) is 4.79 Å². The van der Waals surface area contributed by atoms with Crippen LogP contribution >= 0.6 is 0 Å². The van der Waals surface area contributed by atoms with Crippen molar-refractivity contribution in [1.82, 2.24) is 10.1 Å². The Morgan fingerprint density at radius 2 is 1.91 bits per heavy atom. The molecule has 2 aliphatic rings. The smallest absolute Gasteiger partial charge is 0.333 e. The Kier molecular flexibility index (Phi) is 2.79. The maximum absolute atomic E-state index is 12.5. The molecular weight excluding hydrogens is 282 g/mol. The van der Waals surface area contributed by atoms with Crippen molar-refractivity contribution >= 4 is 17.8 Å². The molecule has 1 saturated carbocycles. The van der Waals surface area contributed by atoms with Crippen LogP contribution in [0.15, 0.2) is 40.9 Å². The summed E-state index contributed by atoms with van der Waals surface area (Å²) >= 11 is 0. The first kappa shape index (κ1) is 13.1. The first-order valence-corrected chi connectivity index (χ1v) is 7.35. The van der Waals surface area contributed by atoms with E-state index in [9.17, 15) is 9.59 Å². The first-order chi connectivity index (χ1) is 10.7. The highest BCUT2D eigenvalue weighted by atomic mass is 16.5. The third-order valence-corrected chi connectivity index (χ3v) is 4.13. The molecule has 0 spiro atoms. The van der Waals surface area contributed by atoms with Crippen molar-refractivity contribution in [2.45, 2.75) is 31.8 Å². The fourth-order valence-electron chi connectivity index (χ4n) is 2.83. The molecule has 2 heterocycles. The van der Waals surface area contributed by atoms with Crippen LogP contribution in [0.25, 0.3) is 11.3 Å². The van der Waals surface area contributed by atoms with E-state index in [4.69, 9.17) is 4.52 Å². The lowest BCUT2D eigenvalue weighted by Crippen LogP contribution is -2.35. The summed E-state index contributed by atoms with van der Waals surface area (Å²) in [4.78, 5) is 27.7. The number of benzene rings is 1. The van der Waals surface area contributed by atoms with Crippen molar-refractivity contribution in [1.29, 1.82) is 0 Å². The first-order valence-electron chi connectivity index (χ1n) is 7.35. The molecule has 6 heteroatoms. The SMILES string of the molecule is CC1C(=O)N(c2cc(-c3ccccc3)on2)C(=O)N1C1CC1. The molecule has 2 fully saturated rings. The Balaban J connectivity index is 1.66. The summed E-state index contributed by atoms with van der Waals surface area (Å²) in [6, 6.07) is 10.6. The average Bonchev–Trinajstić information content (AvgIpc) is 3.19. The van der Waals surface area contributed by atoms with Crippen molar-refractivity contribution in [3.63, 3.8) is 0 Å². The number of hydrogen-bond acceptors (Lipinski definition) is 4. The number of amides is 3. The van der Waals surface area contributed by atoms with Crippen molar-refractivity contribution < 1.29 is 14.1 Å². The second-order valence-electron chi connectivity index (χ2n) is 5.69. The van der Waals surface area contributed by atoms with Gasteiger partial charge in [-0.15, -0.1) is 0 Å². The van der Waals surface area contributed by atoms with E-state index in [1.54, 1.807) is 17.9 Å². The van der Waals surface area contributed by atoms with Gasteiger partial charge in [0, 0.05) is 17.7 Å².